The number of anilines is 1. The summed E-state index contributed by atoms with van der Waals surface area (Å²) in [6.07, 6.45) is 2.78. The van der Waals surface area contributed by atoms with Gasteiger partial charge in [0.1, 0.15) is 16.5 Å². The summed E-state index contributed by atoms with van der Waals surface area (Å²) in [5.74, 6) is -0.0598. The van der Waals surface area contributed by atoms with Gasteiger partial charge in [-0.25, -0.2) is 22.9 Å². The van der Waals surface area contributed by atoms with Crippen LogP contribution in [0.5, 0.6) is 5.75 Å². The van der Waals surface area contributed by atoms with Gasteiger partial charge in [-0.15, -0.1) is 0 Å². The first-order valence-corrected chi connectivity index (χ1v) is 10.4. The van der Waals surface area contributed by atoms with Crippen LogP contribution in [0.25, 0.3) is 0 Å². The molecule has 0 saturated carbocycles. The molecular weight excluding hydrogens is 398 g/mol. The number of sulfonamides is 1. The molecule has 0 aliphatic carbocycles. The quantitative estimate of drug-likeness (QED) is 0.676. The van der Waals surface area contributed by atoms with E-state index in [-0.39, 0.29) is 28.7 Å². The lowest BCUT2D eigenvalue weighted by molar-refractivity contribution is -0.117. The van der Waals surface area contributed by atoms with Crippen LogP contribution >= 0.6 is 0 Å². The van der Waals surface area contributed by atoms with Gasteiger partial charge in [-0.3, -0.25) is 9.69 Å². The van der Waals surface area contributed by atoms with Gasteiger partial charge in [0.15, 0.2) is 0 Å². The number of nitrogens with one attached hydrogen (secondary N) is 1. The molecule has 1 aromatic heterocycles. The van der Waals surface area contributed by atoms with Crippen LogP contribution in [0.15, 0.2) is 41.4 Å². The Kier molecular flexibility index (Phi) is 6.14. The Balaban J connectivity index is 1.82. The van der Waals surface area contributed by atoms with Crippen molar-refractivity contribution in [3.63, 3.8) is 0 Å². The molecule has 29 heavy (non-hydrogen) atoms. The average molecular weight is 419 g/mol. The van der Waals surface area contributed by atoms with Crippen molar-refractivity contribution in [2.24, 2.45) is 0 Å². The van der Waals surface area contributed by atoms with Crippen LogP contribution < -0.4 is 14.4 Å². The van der Waals surface area contributed by atoms with Gasteiger partial charge in [0.05, 0.1) is 19.8 Å². The summed E-state index contributed by atoms with van der Waals surface area (Å²) in [5.41, 5.74) is 0.730. The smallest absolute Gasteiger partial charge is 0.337 e. The highest BCUT2D eigenvalue weighted by atomic mass is 32.2. The van der Waals surface area contributed by atoms with Crippen molar-refractivity contribution in [2.75, 3.05) is 25.7 Å². The van der Waals surface area contributed by atoms with Crippen molar-refractivity contribution in [1.82, 2.24) is 9.71 Å². The highest BCUT2D eigenvalue weighted by Crippen LogP contribution is 2.26. The number of rotatable bonds is 7. The highest BCUT2D eigenvalue weighted by Gasteiger charge is 2.24. The number of hydrogen-bond acceptors (Lipinski definition) is 7. The van der Waals surface area contributed by atoms with E-state index in [1.54, 1.807) is 17.0 Å². The predicted octanol–water partition coefficient (Wildman–Crippen LogP) is 1.48. The third kappa shape index (κ3) is 4.54. The molecule has 9 nitrogen and oxygen atoms in total. The Morgan fingerprint density at radius 3 is 2.69 bits per heavy atom. The van der Waals surface area contributed by atoms with E-state index < -0.39 is 16.0 Å². The molecule has 2 aromatic rings. The lowest BCUT2D eigenvalue weighted by atomic mass is 10.2. The van der Waals surface area contributed by atoms with E-state index in [0.29, 0.717) is 24.3 Å². The van der Waals surface area contributed by atoms with Crippen molar-refractivity contribution >= 4 is 27.7 Å². The molecule has 1 aliphatic rings. The predicted molar refractivity (Wildman–Crippen MR) is 104 cm³/mol. The summed E-state index contributed by atoms with van der Waals surface area (Å²) in [6.45, 7) is 0.573. The van der Waals surface area contributed by atoms with Gasteiger partial charge in [-0.05, 0) is 42.3 Å². The van der Waals surface area contributed by atoms with Crippen LogP contribution in [0, 0.1) is 0 Å². The molecule has 3 rings (SSSR count). The van der Waals surface area contributed by atoms with E-state index >= 15 is 0 Å². The number of hydrogen-bond donors (Lipinski definition) is 1. The zero-order chi connectivity index (χ0) is 21.0. The lowest BCUT2D eigenvalue weighted by Crippen LogP contribution is -2.26. The minimum absolute atomic E-state index is 0.000378. The molecule has 0 atom stereocenters. The summed E-state index contributed by atoms with van der Waals surface area (Å²) >= 11 is 0. The second kappa shape index (κ2) is 8.58. The largest absolute Gasteiger partial charge is 0.495 e. The van der Waals surface area contributed by atoms with Crippen molar-refractivity contribution in [1.29, 1.82) is 0 Å². The summed E-state index contributed by atoms with van der Waals surface area (Å²) in [6, 6.07) is 7.35. The maximum absolute atomic E-state index is 12.8. The number of aromatic nitrogens is 1. The molecule has 0 bridgehead atoms. The second-order valence-corrected chi connectivity index (χ2v) is 8.09. The van der Waals surface area contributed by atoms with E-state index in [1.165, 1.54) is 38.6 Å². The van der Waals surface area contributed by atoms with Crippen LogP contribution in [-0.4, -0.2) is 46.0 Å². The van der Waals surface area contributed by atoms with E-state index in [0.717, 1.165) is 6.42 Å². The summed E-state index contributed by atoms with van der Waals surface area (Å²) in [5, 5.41) is 0. The van der Waals surface area contributed by atoms with Gasteiger partial charge < -0.3 is 9.47 Å². The highest BCUT2D eigenvalue weighted by molar-refractivity contribution is 7.89. The molecule has 1 aromatic carbocycles. The topological polar surface area (TPSA) is 115 Å². The molecular formula is C19H21N3O6S. The van der Waals surface area contributed by atoms with Gasteiger partial charge in [0, 0.05) is 25.7 Å². The molecule has 2 heterocycles. The number of carbonyl (C=O) groups excluding carboxylic acids is 2. The zero-order valence-electron chi connectivity index (χ0n) is 16.0. The maximum Gasteiger partial charge on any atom is 0.337 e. The molecule has 1 aliphatic heterocycles. The number of carbonyl (C=O) groups is 2. The monoisotopic (exact) mass is 419 g/mol. The first-order valence-electron chi connectivity index (χ1n) is 8.87. The molecule has 1 saturated heterocycles. The van der Waals surface area contributed by atoms with E-state index in [1.807, 2.05) is 0 Å². The molecule has 0 unspecified atom stereocenters. The number of benzene rings is 1. The molecule has 1 fully saturated rings. The number of amides is 1. The summed E-state index contributed by atoms with van der Waals surface area (Å²) < 4.78 is 37.9. The van der Waals surface area contributed by atoms with Crippen LogP contribution in [0.4, 0.5) is 5.82 Å². The first-order chi connectivity index (χ1) is 13.9. The fraction of sp³-hybridized carbons (Fsp3) is 0.316. The fourth-order valence-corrected chi connectivity index (χ4v) is 4.21. The van der Waals surface area contributed by atoms with Crippen molar-refractivity contribution < 1.29 is 27.5 Å². The SMILES string of the molecule is COC(=O)c1ccc(OC)c(S(=O)(=O)NCc2ccnc(N3CCCC3=O)c2)c1. The average Bonchev–Trinajstić information content (AvgIpc) is 3.17. The summed E-state index contributed by atoms with van der Waals surface area (Å²) in [7, 11) is -1.44. The molecule has 1 N–H and O–H groups in total. The van der Waals surface area contributed by atoms with Gasteiger partial charge in [-0.2, -0.15) is 0 Å². The molecule has 10 heteroatoms. The lowest BCUT2D eigenvalue weighted by Gasteiger charge is -2.16. The van der Waals surface area contributed by atoms with E-state index in [2.05, 4.69) is 14.4 Å². The third-order valence-electron chi connectivity index (χ3n) is 4.50. The third-order valence-corrected chi connectivity index (χ3v) is 5.92. The van der Waals surface area contributed by atoms with Crippen LogP contribution in [-0.2, 0) is 26.1 Å². The summed E-state index contributed by atoms with van der Waals surface area (Å²) in [4.78, 5) is 29.2. The van der Waals surface area contributed by atoms with Crippen molar-refractivity contribution in [3.05, 3.63) is 47.7 Å². The van der Waals surface area contributed by atoms with Gasteiger partial charge >= 0.3 is 5.97 Å². The fourth-order valence-electron chi connectivity index (χ4n) is 3.00. The number of pyridine rings is 1. The minimum atomic E-state index is -3.99. The van der Waals surface area contributed by atoms with E-state index in [9.17, 15) is 18.0 Å². The Hall–Kier alpha value is -2.98. The molecule has 0 radical (unpaired) electrons. The Morgan fingerprint density at radius 2 is 2.03 bits per heavy atom. The number of ether oxygens (including phenoxy) is 2. The standard InChI is InChI=1S/C19H21N3O6S/c1-27-15-6-5-14(19(24)28-2)11-16(15)29(25,26)21-12-13-7-8-20-17(10-13)22-9-3-4-18(22)23/h5-8,10-11,21H,3-4,9,12H2,1-2H3. The molecule has 1 amide bonds. The van der Waals surface area contributed by atoms with Crippen LogP contribution in [0.2, 0.25) is 0 Å². The first kappa shape index (κ1) is 20.7. The van der Waals surface area contributed by atoms with Crippen LogP contribution in [0.3, 0.4) is 0 Å². The van der Waals surface area contributed by atoms with Gasteiger partial charge in [0.25, 0.3) is 0 Å². The van der Waals surface area contributed by atoms with Crippen molar-refractivity contribution in [3.8, 4) is 5.75 Å². The number of methoxy groups -OCH3 is 2. The van der Waals surface area contributed by atoms with Gasteiger partial charge in [0.2, 0.25) is 15.9 Å². The maximum atomic E-state index is 12.8. The van der Waals surface area contributed by atoms with Gasteiger partial charge in [-0.1, -0.05) is 0 Å². The Morgan fingerprint density at radius 1 is 1.24 bits per heavy atom. The van der Waals surface area contributed by atoms with Crippen molar-refractivity contribution in [2.45, 2.75) is 24.3 Å². The number of esters is 1. The van der Waals surface area contributed by atoms with E-state index in [4.69, 9.17) is 4.74 Å². The van der Waals surface area contributed by atoms with Crippen LogP contribution in [0.1, 0.15) is 28.8 Å². The second-order valence-electron chi connectivity index (χ2n) is 6.35. The normalized spacial score (nSPS) is 14.1. The zero-order valence-corrected chi connectivity index (χ0v) is 16.9. The Bertz CT molecular complexity index is 1040. The number of nitrogens with zero attached hydrogens (tertiary/aromatic N) is 2. The molecule has 0 spiro atoms. The minimum Gasteiger partial charge on any atom is -0.495 e. The Labute approximate surface area is 168 Å². The molecule has 154 valence electrons.